The van der Waals surface area contributed by atoms with Gasteiger partial charge in [-0.3, -0.25) is 20.6 Å². The summed E-state index contributed by atoms with van der Waals surface area (Å²) in [5.41, 5.74) is 5.38. The van der Waals surface area contributed by atoms with E-state index in [0.29, 0.717) is 0 Å². The van der Waals surface area contributed by atoms with E-state index >= 15 is 0 Å². The van der Waals surface area contributed by atoms with E-state index in [1.54, 1.807) is 6.07 Å². The molecule has 0 spiro atoms. The lowest BCUT2D eigenvalue weighted by Crippen LogP contribution is -2.37. The Labute approximate surface area is 162 Å². The molecule has 0 radical (unpaired) electrons. The standard InChI is InChI=1S/C16H15FN4O8/c17-9-4-2-1-3-8(9)5-6-11-19-15(14(18)22)21(20-11)16-13(29-25)12(28-24)10(27-16)7-26-23/h1-4,10,12-13,16,23-25H,7H2,(H2,18,22)/t10-,12-,13-,16-/m1/s1. The highest BCUT2D eigenvalue weighted by Crippen LogP contribution is 2.33. The zero-order chi connectivity index (χ0) is 21.0. The molecule has 1 aliphatic heterocycles. The Balaban J connectivity index is 1.97. The molecule has 5 N–H and O–H groups in total. The van der Waals surface area contributed by atoms with E-state index in [0.717, 1.165) is 4.68 Å². The van der Waals surface area contributed by atoms with Crippen molar-refractivity contribution in [1.29, 1.82) is 0 Å². The van der Waals surface area contributed by atoms with E-state index in [-0.39, 0.29) is 11.4 Å². The summed E-state index contributed by atoms with van der Waals surface area (Å²) in [6, 6.07) is 5.74. The molecule has 13 heteroatoms. The number of hydrogen-bond donors (Lipinski definition) is 4. The number of ether oxygens (including phenoxy) is 1. The first-order valence-electron chi connectivity index (χ1n) is 8.05. The number of nitrogens with two attached hydrogens (primary N) is 1. The molecule has 12 nitrogen and oxygen atoms in total. The summed E-state index contributed by atoms with van der Waals surface area (Å²) < 4.78 is 20.0. The van der Waals surface area contributed by atoms with Gasteiger partial charge in [0.25, 0.3) is 5.91 Å². The third-order valence-corrected chi connectivity index (χ3v) is 4.04. The Kier molecular flexibility index (Phi) is 6.46. The molecule has 2 aromatic rings. The zero-order valence-corrected chi connectivity index (χ0v) is 14.5. The number of halogens is 1. The molecule has 0 saturated carbocycles. The van der Waals surface area contributed by atoms with E-state index in [4.69, 9.17) is 21.0 Å². The van der Waals surface area contributed by atoms with Crippen molar-refractivity contribution in [3.8, 4) is 11.8 Å². The Bertz CT molecular complexity index is 942. The molecule has 0 unspecified atom stereocenters. The molecule has 0 aliphatic carbocycles. The average molecular weight is 410 g/mol. The van der Waals surface area contributed by atoms with Crippen LogP contribution in [0.15, 0.2) is 24.3 Å². The fraction of sp³-hybridized carbons (Fsp3) is 0.312. The molecular formula is C16H15FN4O8. The Hall–Kier alpha value is -2.96. The summed E-state index contributed by atoms with van der Waals surface area (Å²) in [4.78, 5) is 28.1. The summed E-state index contributed by atoms with van der Waals surface area (Å²) in [5.74, 6) is 2.81. The van der Waals surface area contributed by atoms with Gasteiger partial charge in [0.15, 0.2) is 18.4 Å². The van der Waals surface area contributed by atoms with Crippen LogP contribution in [0.5, 0.6) is 0 Å². The SMILES string of the molecule is NC(=O)c1nc(C#Cc2ccccc2F)nn1[C@@H]1O[C@H](COO)[C@@H](OO)[C@H]1OO. The number of carbonyl (C=O) groups is 1. The van der Waals surface area contributed by atoms with E-state index in [9.17, 15) is 14.4 Å². The lowest BCUT2D eigenvalue weighted by molar-refractivity contribution is -0.357. The van der Waals surface area contributed by atoms with Gasteiger partial charge in [-0.05, 0) is 18.1 Å². The van der Waals surface area contributed by atoms with Gasteiger partial charge >= 0.3 is 0 Å². The summed E-state index contributed by atoms with van der Waals surface area (Å²) in [6.07, 6.45) is -5.22. The largest absolute Gasteiger partial charge is 0.363 e. The van der Waals surface area contributed by atoms with Gasteiger partial charge < -0.3 is 10.5 Å². The maximum absolute atomic E-state index is 13.7. The number of rotatable bonds is 6. The van der Waals surface area contributed by atoms with E-state index in [2.05, 4.69) is 36.6 Å². The third-order valence-electron chi connectivity index (χ3n) is 4.04. The van der Waals surface area contributed by atoms with Crippen LogP contribution < -0.4 is 5.73 Å². The number of nitrogens with zero attached hydrogens (tertiary/aromatic N) is 3. The molecule has 4 atom stereocenters. The molecule has 2 heterocycles. The highest BCUT2D eigenvalue weighted by atomic mass is 19.1. The van der Waals surface area contributed by atoms with Crippen LogP contribution in [0.2, 0.25) is 0 Å². The van der Waals surface area contributed by atoms with Crippen LogP contribution in [-0.4, -0.2) is 61.4 Å². The molecule has 0 bridgehead atoms. The summed E-state index contributed by atoms with van der Waals surface area (Å²) in [5, 5.41) is 30.8. The molecular weight excluding hydrogens is 395 g/mol. The van der Waals surface area contributed by atoms with Gasteiger partial charge in [0.1, 0.15) is 18.5 Å². The highest BCUT2D eigenvalue weighted by Gasteiger charge is 2.50. The number of hydrogen-bond acceptors (Lipinski definition) is 10. The number of aromatic nitrogens is 3. The van der Waals surface area contributed by atoms with Gasteiger partial charge in [-0.1, -0.05) is 18.1 Å². The van der Waals surface area contributed by atoms with Gasteiger partial charge in [0.05, 0.1) is 5.56 Å². The van der Waals surface area contributed by atoms with E-state index < -0.39 is 48.7 Å². The first-order chi connectivity index (χ1) is 14.0. The van der Waals surface area contributed by atoms with Crippen molar-refractivity contribution in [1.82, 2.24) is 14.8 Å². The predicted octanol–water partition coefficient (Wildman–Crippen LogP) is 0.0193. The quantitative estimate of drug-likeness (QED) is 0.289. The Morgan fingerprint density at radius 1 is 1.24 bits per heavy atom. The summed E-state index contributed by atoms with van der Waals surface area (Å²) >= 11 is 0. The third kappa shape index (κ3) is 4.23. The fourth-order valence-corrected chi connectivity index (χ4v) is 2.76. The molecule has 1 aliphatic rings. The minimum absolute atomic E-state index is 0.0760. The van der Waals surface area contributed by atoms with Gasteiger partial charge in [-0.25, -0.2) is 23.7 Å². The van der Waals surface area contributed by atoms with Crippen molar-refractivity contribution in [3.63, 3.8) is 0 Å². The lowest BCUT2D eigenvalue weighted by atomic mass is 10.1. The second-order valence-electron chi connectivity index (χ2n) is 5.80. The smallest absolute Gasteiger partial charge is 0.286 e. The summed E-state index contributed by atoms with van der Waals surface area (Å²) in [6.45, 7) is -0.470. The van der Waals surface area contributed by atoms with Gasteiger partial charge in [-0.2, -0.15) is 4.98 Å². The first kappa shape index (κ1) is 20.8. The maximum atomic E-state index is 13.7. The normalized spacial score (nSPS) is 23.6. The van der Waals surface area contributed by atoms with Crippen molar-refractivity contribution in [3.05, 3.63) is 47.3 Å². The van der Waals surface area contributed by atoms with Gasteiger partial charge in [0.2, 0.25) is 11.6 Å². The van der Waals surface area contributed by atoms with Crippen molar-refractivity contribution in [2.45, 2.75) is 24.5 Å². The van der Waals surface area contributed by atoms with Crippen LogP contribution in [0.3, 0.4) is 0 Å². The Morgan fingerprint density at radius 2 is 1.97 bits per heavy atom. The molecule has 1 aromatic heterocycles. The first-order valence-corrected chi connectivity index (χ1v) is 8.05. The monoisotopic (exact) mass is 410 g/mol. The Morgan fingerprint density at radius 3 is 2.59 bits per heavy atom. The van der Waals surface area contributed by atoms with Crippen LogP contribution >= 0.6 is 0 Å². The maximum Gasteiger partial charge on any atom is 0.286 e. The second-order valence-corrected chi connectivity index (χ2v) is 5.80. The van der Waals surface area contributed by atoms with Crippen molar-refractivity contribution in [2.24, 2.45) is 5.73 Å². The van der Waals surface area contributed by atoms with Crippen molar-refractivity contribution < 1.29 is 44.4 Å². The molecule has 1 amide bonds. The summed E-state index contributed by atoms with van der Waals surface area (Å²) in [7, 11) is 0. The van der Waals surface area contributed by atoms with Gasteiger partial charge in [0, 0.05) is 0 Å². The highest BCUT2D eigenvalue weighted by molar-refractivity contribution is 5.89. The molecule has 3 rings (SSSR count). The predicted molar refractivity (Wildman–Crippen MR) is 88.4 cm³/mol. The van der Waals surface area contributed by atoms with E-state index in [1.807, 2.05) is 0 Å². The molecule has 1 aromatic carbocycles. The van der Waals surface area contributed by atoms with Crippen molar-refractivity contribution >= 4 is 5.91 Å². The van der Waals surface area contributed by atoms with Gasteiger partial charge in [-0.15, -0.1) is 5.10 Å². The second kappa shape index (κ2) is 9.03. The molecule has 1 saturated heterocycles. The van der Waals surface area contributed by atoms with Crippen LogP contribution in [0.1, 0.15) is 28.2 Å². The number of carbonyl (C=O) groups excluding carboxylic acids is 1. The van der Waals surface area contributed by atoms with Crippen LogP contribution in [-0.2, 0) is 19.4 Å². The van der Waals surface area contributed by atoms with Crippen LogP contribution in [0.25, 0.3) is 0 Å². The minimum Gasteiger partial charge on any atom is -0.363 e. The average Bonchev–Trinajstić information content (AvgIpc) is 3.28. The molecule has 1 fully saturated rings. The van der Waals surface area contributed by atoms with E-state index in [1.165, 1.54) is 18.2 Å². The van der Waals surface area contributed by atoms with Crippen LogP contribution in [0.4, 0.5) is 4.39 Å². The lowest BCUT2D eigenvalue weighted by Gasteiger charge is -2.18. The van der Waals surface area contributed by atoms with Crippen LogP contribution in [0, 0.1) is 17.7 Å². The minimum atomic E-state index is -1.41. The zero-order valence-electron chi connectivity index (χ0n) is 14.5. The van der Waals surface area contributed by atoms with Crippen molar-refractivity contribution in [2.75, 3.05) is 6.61 Å². The number of benzene rings is 1. The molecule has 154 valence electrons. The number of primary amides is 1. The fourth-order valence-electron chi connectivity index (χ4n) is 2.76. The topological polar surface area (TPSA) is 171 Å². The number of amides is 1. The molecule has 29 heavy (non-hydrogen) atoms.